The molecule has 1 unspecified atom stereocenters. The van der Waals surface area contributed by atoms with Crippen molar-refractivity contribution in [3.63, 3.8) is 0 Å². The van der Waals surface area contributed by atoms with Crippen LogP contribution >= 0.6 is 0 Å². The molecule has 1 amide bonds. The van der Waals surface area contributed by atoms with Crippen LogP contribution in [0.15, 0.2) is 61.2 Å². The van der Waals surface area contributed by atoms with Gasteiger partial charge >= 0.3 is 6.09 Å². The van der Waals surface area contributed by atoms with Crippen LogP contribution in [0.5, 0.6) is 0 Å². The summed E-state index contributed by atoms with van der Waals surface area (Å²) in [5.41, 5.74) is 3.97. The molecule has 6 heteroatoms. The lowest BCUT2D eigenvalue weighted by molar-refractivity contribution is 0.167. The van der Waals surface area contributed by atoms with Crippen molar-refractivity contribution >= 4 is 6.09 Å². The lowest BCUT2D eigenvalue weighted by Crippen LogP contribution is -2.33. The van der Waals surface area contributed by atoms with Gasteiger partial charge in [-0.15, -0.1) is 0 Å². The van der Waals surface area contributed by atoms with E-state index in [-0.39, 0.29) is 6.04 Å². The molecule has 0 saturated heterocycles. The van der Waals surface area contributed by atoms with Crippen molar-refractivity contribution in [2.24, 2.45) is 0 Å². The van der Waals surface area contributed by atoms with Crippen LogP contribution in [-0.4, -0.2) is 34.2 Å². The largest absolute Gasteiger partial charge is 0.453 e. The number of aromatic nitrogens is 3. The summed E-state index contributed by atoms with van der Waals surface area (Å²) >= 11 is 0. The first kappa shape index (κ1) is 21.0. The third-order valence-corrected chi connectivity index (χ3v) is 4.46. The number of pyridine rings is 1. The maximum Gasteiger partial charge on any atom is 0.407 e. The van der Waals surface area contributed by atoms with Gasteiger partial charge in [0.1, 0.15) is 5.82 Å². The molecule has 3 rings (SSSR count). The zero-order chi connectivity index (χ0) is 21.2. The molecule has 0 saturated carbocycles. The monoisotopic (exact) mass is 400 g/mol. The van der Waals surface area contributed by atoms with Crippen LogP contribution in [0, 0.1) is 11.8 Å². The van der Waals surface area contributed by atoms with Crippen molar-refractivity contribution in [3.05, 3.63) is 89.3 Å². The maximum absolute atomic E-state index is 11.2. The number of benzene rings is 1. The van der Waals surface area contributed by atoms with Crippen molar-refractivity contribution < 1.29 is 9.53 Å². The van der Waals surface area contributed by atoms with Gasteiger partial charge in [0.25, 0.3) is 0 Å². The first-order valence-corrected chi connectivity index (χ1v) is 9.77. The molecule has 0 aliphatic carbocycles. The predicted molar refractivity (Wildman–Crippen MR) is 115 cm³/mol. The molecule has 0 aliphatic rings. The number of ether oxygens (including phenoxy) is 1. The van der Waals surface area contributed by atoms with E-state index in [4.69, 9.17) is 0 Å². The second kappa shape index (κ2) is 10.7. The van der Waals surface area contributed by atoms with Gasteiger partial charge in [0.05, 0.1) is 12.7 Å². The maximum atomic E-state index is 11.2. The van der Waals surface area contributed by atoms with E-state index >= 15 is 0 Å². The summed E-state index contributed by atoms with van der Waals surface area (Å²) in [6.45, 7) is 1.94. The molecule has 1 aromatic carbocycles. The Morgan fingerprint density at radius 1 is 1.00 bits per heavy atom. The smallest absolute Gasteiger partial charge is 0.407 e. The van der Waals surface area contributed by atoms with Gasteiger partial charge in [0, 0.05) is 42.8 Å². The number of nitrogens with zero attached hydrogens (tertiary/aromatic N) is 3. The molecule has 152 valence electrons. The number of alkyl carbamates (subject to hydrolysis) is 1. The van der Waals surface area contributed by atoms with E-state index in [1.807, 2.05) is 43.5 Å². The highest BCUT2D eigenvalue weighted by atomic mass is 16.5. The Balaban J connectivity index is 1.53. The van der Waals surface area contributed by atoms with Gasteiger partial charge in [-0.05, 0) is 49.1 Å². The topological polar surface area (TPSA) is 77.0 Å². The van der Waals surface area contributed by atoms with Gasteiger partial charge in [-0.2, -0.15) is 0 Å². The van der Waals surface area contributed by atoms with Crippen LogP contribution < -0.4 is 5.32 Å². The van der Waals surface area contributed by atoms with Crippen LogP contribution in [0.2, 0.25) is 0 Å². The summed E-state index contributed by atoms with van der Waals surface area (Å²) < 4.78 is 4.61. The number of carbonyl (C=O) groups is 1. The zero-order valence-electron chi connectivity index (χ0n) is 17.1. The Morgan fingerprint density at radius 3 is 2.40 bits per heavy atom. The number of hydrogen-bond acceptors (Lipinski definition) is 5. The molecule has 0 radical (unpaired) electrons. The number of rotatable bonds is 6. The molecule has 1 atom stereocenters. The van der Waals surface area contributed by atoms with Crippen molar-refractivity contribution in [1.82, 2.24) is 20.3 Å². The highest BCUT2D eigenvalue weighted by Gasteiger charge is 2.07. The number of aryl methyl sites for hydroxylation is 2. The summed E-state index contributed by atoms with van der Waals surface area (Å²) in [6.07, 6.45) is 9.07. The summed E-state index contributed by atoms with van der Waals surface area (Å²) in [4.78, 5) is 24.2. The fourth-order valence-corrected chi connectivity index (χ4v) is 2.88. The molecule has 1 N–H and O–H groups in total. The van der Waals surface area contributed by atoms with Crippen molar-refractivity contribution in [1.29, 1.82) is 0 Å². The number of nitrogens with one attached hydrogen (secondary N) is 1. The molecule has 2 aromatic heterocycles. The fourth-order valence-electron chi connectivity index (χ4n) is 2.88. The van der Waals surface area contributed by atoms with E-state index in [9.17, 15) is 4.79 Å². The molecule has 0 spiro atoms. The van der Waals surface area contributed by atoms with Crippen molar-refractivity contribution in [3.8, 4) is 11.8 Å². The molecule has 30 heavy (non-hydrogen) atoms. The summed E-state index contributed by atoms with van der Waals surface area (Å²) in [5, 5.41) is 2.76. The predicted octanol–water partition coefficient (Wildman–Crippen LogP) is 3.34. The zero-order valence-corrected chi connectivity index (χ0v) is 17.1. The summed E-state index contributed by atoms with van der Waals surface area (Å²) in [5.74, 6) is 7.02. The molecule has 0 fully saturated rings. The Labute approximate surface area is 176 Å². The average molecular weight is 400 g/mol. The molecule has 6 nitrogen and oxygen atoms in total. The van der Waals surface area contributed by atoms with E-state index < -0.39 is 6.09 Å². The second-order valence-corrected chi connectivity index (χ2v) is 6.94. The Hall–Kier alpha value is -3.72. The van der Waals surface area contributed by atoms with Crippen molar-refractivity contribution in [2.45, 2.75) is 32.2 Å². The minimum atomic E-state index is -0.421. The highest BCUT2D eigenvalue weighted by molar-refractivity contribution is 5.67. The number of amides is 1. The lowest BCUT2D eigenvalue weighted by atomic mass is 10.1. The van der Waals surface area contributed by atoms with Crippen LogP contribution in [-0.2, 0) is 24.0 Å². The van der Waals surface area contributed by atoms with Crippen LogP contribution in [0.3, 0.4) is 0 Å². The van der Waals surface area contributed by atoms with Gasteiger partial charge in [0.15, 0.2) is 0 Å². The second-order valence-electron chi connectivity index (χ2n) is 6.94. The normalized spacial score (nSPS) is 11.1. The molecular formula is C24H24N4O2. The Kier molecular flexibility index (Phi) is 7.51. The van der Waals surface area contributed by atoms with Gasteiger partial charge in [-0.25, -0.2) is 14.8 Å². The van der Waals surface area contributed by atoms with E-state index in [0.717, 1.165) is 41.8 Å². The first-order chi connectivity index (χ1) is 14.6. The number of hydrogen-bond donors (Lipinski definition) is 1. The van der Waals surface area contributed by atoms with Gasteiger partial charge < -0.3 is 10.1 Å². The summed E-state index contributed by atoms with van der Waals surface area (Å²) in [6, 6.07) is 11.9. The van der Waals surface area contributed by atoms with E-state index in [2.05, 4.69) is 42.9 Å². The average Bonchev–Trinajstić information content (AvgIpc) is 2.78. The third-order valence-electron chi connectivity index (χ3n) is 4.46. The number of carbonyl (C=O) groups excluding carboxylic acids is 1. The minimum Gasteiger partial charge on any atom is -0.453 e. The van der Waals surface area contributed by atoms with Gasteiger partial charge in [-0.3, -0.25) is 4.98 Å². The quantitative estimate of drug-likeness (QED) is 0.642. The highest BCUT2D eigenvalue weighted by Crippen LogP contribution is 2.07. The Bertz CT molecular complexity index is 1010. The first-order valence-electron chi connectivity index (χ1n) is 9.77. The van der Waals surface area contributed by atoms with Gasteiger partial charge in [-0.1, -0.05) is 30.0 Å². The van der Waals surface area contributed by atoms with E-state index in [1.165, 1.54) is 12.7 Å². The minimum absolute atomic E-state index is 0.0109. The lowest BCUT2D eigenvalue weighted by Gasteiger charge is -2.12. The molecule has 0 aliphatic heterocycles. The van der Waals surface area contributed by atoms with Gasteiger partial charge in [0.2, 0.25) is 0 Å². The molecular weight excluding hydrogens is 376 g/mol. The van der Waals surface area contributed by atoms with E-state index in [0.29, 0.717) is 0 Å². The molecule has 0 bridgehead atoms. The molecule has 2 heterocycles. The van der Waals surface area contributed by atoms with Crippen LogP contribution in [0.4, 0.5) is 4.79 Å². The van der Waals surface area contributed by atoms with E-state index in [1.54, 1.807) is 18.6 Å². The number of methoxy groups -OCH3 is 1. The molecule has 3 aromatic rings. The van der Waals surface area contributed by atoms with Crippen LogP contribution in [0.25, 0.3) is 0 Å². The van der Waals surface area contributed by atoms with Crippen LogP contribution in [0.1, 0.15) is 35.0 Å². The Morgan fingerprint density at radius 2 is 1.73 bits per heavy atom. The third kappa shape index (κ3) is 6.71. The standard InChI is InChI=1S/C24H24N4O2/c1-18(28-24(29)30-2)14-20-8-5-19(6-9-20)7-10-22-16-26-23(27-17-22)12-11-21-4-3-13-25-15-21/h3-6,8-9,13,15-18H,11-12,14H2,1-2H3,(H,28,29). The SMILES string of the molecule is COC(=O)NC(C)Cc1ccc(C#Cc2cnc(CCc3cccnc3)nc2)cc1. The fraction of sp³-hybridized carbons (Fsp3) is 0.250. The van der Waals surface area contributed by atoms with Crippen molar-refractivity contribution in [2.75, 3.05) is 7.11 Å². The summed E-state index contributed by atoms with van der Waals surface area (Å²) in [7, 11) is 1.36.